The average molecular weight is 402 g/mol. The number of carbonyl (C=O) groups excluding carboxylic acids is 2. The van der Waals surface area contributed by atoms with Crippen LogP contribution in [0.5, 0.6) is 0 Å². The van der Waals surface area contributed by atoms with E-state index in [0.717, 1.165) is 58.5 Å². The molecule has 6 nitrogen and oxygen atoms in total. The lowest BCUT2D eigenvalue weighted by molar-refractivity contribution is -0.134. The van der Waals surface area contributed by atoms with E-state index in [1.165, 1.54) is 18.1 Å². The Balaban J connectivity index is 1.50. The first-order chi connectivity index (χ1) is 14.0. The lowest BCUT2D eigenvalue weighted by Crippen LogP contribution is -2.46. The lowest BCUT2D eigenvalue weighted by atomic mass is 9.95. The lowest BCUT2D eigenvalue weighted by Gasteiger charge is -2.36. The minimum atomic E-state index is -0.167. The average Bonchev–Trinajstić information content (AvgIpc) is 3.22. The van der Waals surface area contributed by atoms with Gasteiger partial charge >= 0.3 is 0 Å². The second-order valence-electron chi connectivity index (χ2n) is 8.49. The number of aryl methyl sites for hydroxylation is 1. The topological polar surface area (TPSA) is 61.9 Å². The molecule has 29 heavy (non-hydrogen) atoms. The maximum Gasteiger partial charge on any atom is 0.242 e. The molecule has 2 heterocycles. The molecule has 2 fully saturated rings. The van der Waals surface area contributed by atoms with E-state index >= 15 is 0 Å². The summed E-state index contributed by atoms with van der Waals surface area (Å²) in [4.78, 5) is 28.3. The van der Waals surface area contributed by atoms with Crippen molar-refractivity contribution >= 4 is 11.8 Å². The van der Waals surface area contributed by atoms with E-state index in [1.807, 2.05) is 4.90 Å². The predicted molar refractivity (Wildman–Crippen MR) is 113 cm³/mol. The van der Waals surface area contributed by atoms with Crippen molar-refractivity contribution in [2.75, 3.05) is 39.3 Å². The molecular weight excluding hydrogens is 366 g/mol. The minimum absolute atomic E-state index is 0.00181. The van der Waals surface area contributed by atoms with Crippen LogP contribution in [0.2, 0.25) is 0 Å². The number of amides is 2. The molecule has 2 saturated heterocycles. The van der Waals surface area contributed by atoms with E-state index in [4.69, 9.17) is 4.74 Å². The number of likely N-dealkylation sites (tertiary alicyclic amines) is 1. The molecule has 0 aromatic heterocycles. The van der Waals surface area contributed by atoms with E-state index in [2.05, 4.69) is 41.4 Å². The van der Waals surface area contributed by atoms with Crippen LogP contribution in [0.25, 0.3) is 0 Å². The number of nitrogens with one attached hydrogen (secondary N) is 1. The van der Waals surface area contributed by atoms with Crippen LogP contribution in [0.3, 0.4) is 0 Å². The van der Waals surface area contributed by atoms with Crippen LogP contribution in [0.1, 0.15) is 43.7 Å². The Morgan fingerprint density at radius 2 is 1.93 bits per heavy atom. The summed E-state index contributed by atoms with van der Waals surface area (Å²) in [5.41, 5.74) is 2.75. The summed E-state index contributed by atoms with van der Waals surface area (Å²) in [5, 5.41) is 2.65. The number of hydrogen-bond donors (Lipinski definition) is 1. The molecule has 1 aromatic carbocycles. The zero-order valence-electron chi connectivity index (χ0n) is 17.9. The van der Waals surface area contributed by atoms with Crippen LogP contribution in [-0.2, 0) is 20.9 Å². The van der Waals surface area contributed by atoms with Gasteiger partial charge in [0.15, 0.2) is 0 Å². The first kappa shape index (κ1) is 21.8. The van der Waals surface area contributed by atoms with Crippen molar-refractivity contribution in [3.05, 3.63) is 35.4 Å². The van der Waals surface area contributed by atoms with Crippen LogP contribution >= 0.6 is 0 Å². The molecule has 2 aliphatic rings. The van der Waals surface area contributed by atoms with Gasteiger partial charge in [-0.05, 0) is 62.7 Å². The molecule has 0 saturated carbocycles. The highest BCUT2D eigenvalue weighted by Crippen LogP contribution is 2.22. The maximum absolute atomic E-state index is 12.7. The SMILES string of the molecule is CC(=O)NCC(=O)N(CC1CCN(Cc2ccccc2C)CC1)C[C@H]1CCCO1. The zero-order chi connectivity index (χ0) is 20.6. The van der Waals surface area contributed by atoms with Gasteiger partial charge in [0.1, 0.15) is 0 Å². The first-order valence-electron chi connectivity index (χ1n) is 10.9. The van der Waals surface area contributed by atoms with Gasteiger partial charge in [0.05, 0.1) is 12.6 Å². The summed E-state index contributed by atoms with van der Waals surface area (Å²) < 4.78 is 5.75. The van der Waals surface area contributed by atoms with Crippen LogP contribution in [0.4, 0.5) is 0 Å². The summed E-state index contributed by atoms with van der Waals surface area (Å²) in [6.07, 6.45) is 4.41. The molecule has 0 spiro atoms. The molecule has 160 valence electrons. The molecular formula is C23H35N3O3. The molecule has 1 aromatic rings. The van der Waals surface area contributed by atoms with Crippen molar-refractivity contribution in [2.24, 2.45) is 5.92 Å². The van der Waals surface area contributed by atoms with E-state index in [0.29, 0.717) is 12.5 Å². The van der Waals surface area contributed by atoms with Crippen molar-refractivity contribution in [3.63, 3.8) is 0 Å². The number of benzene rings is 1. The smallest absolute Gasteiger partial charge is 0.242 e. The largest absolute Gasteiger partial charge is 0.376 e. The Bertz CT molecular complexity index is 680. The molecule has 0 bridgehead atoms. The van der Waals surface area contributed by atoms with Gasteiger partial charge in [-0.2, -0.15) is 0 Å². The highest BCUT2D eigenvalue weighted by molar-refractivity contribution is 5.83. The van der Waals surface area contributed by atoms with Gasteiger partial charge in [0, 0.05) is 33.2 Å². The van der Waals surface area contributed by atoms with E-state index < -0.39 is 0 Å². The number of rotatable bonds is 8. The number of carbonyl (C=O) groups is 2. The fourth-order valence-electron chi connectivity index (χ4n) is 4.29. The zero-order valence-corrected chi connectivity index (χ0v) is 17.9. The predicted octanol–water partition coefficient (Wildman–Crippen LogP) is 2.35. The molecule has 0 aliphatic carbocycles. The minimum Gasteiger partial charge on any atom is -0.376 e. The fraction of sp³-hybridized carbons (Fsp3) is 0.652. The second-order valence-corrected chi connectivity index (χ2v) is 8.49. The molecule has 0 unspecified atom stereocenters. The summed E-state index contributed by atoms with van der Waals surface area (Å²) in [7, 11) is 0. The van der Waals surface area contributed by atoms with Crippen molar-refractivity contribution in [2.45, 2.75) is 52.2 Å². The Kier molecular flexibility index (Phi) is 8.07. The second kappa shape index (κ2) is 10.7. The Morgan fingerprint density at radius 1 is 1.17 bits per heavy atom. The van der Waals surface area contributed by atoms with Crippen molar-refractivity contribution < 1.29 is 14.3 Å². The molecule has 1 atom stereocenters. The van der Waals surface area contributed by atoms with Crippen LogP contribution < -0.4 is 5.32 Å². The third-order valence-corrected chi connectivity index (χ3v) is 6.13. The third kappa shape index (κ3) is 6.82. The van der Waals surface area contributed by atoms with Gasteiger partial charge in [-0.15, -0.1) is 0 Å². The van der Waals surface area contributed by atoms with Crippen molar-refractivity contribution in [1.29, 1.82) is 0 Å². The van der Waals surface area contributed by atoms with Crippen LogP contribution in [-0.4, -0.2) is 67.0 Å². The number of nitrogens with zero attached hydrogens (tertiary/aromatic N) is 2. The quantitative estimate of drug-likeness (QED) is 0.726. The summed E-state index contributed by atoms with van der Waals surface area (Å²) in [6, 6.07) is 8.58. The van der Waals surface area contributed by atoms with Crippen LogP contribution in [0.15, 0.2) is 24.3 Å². The van der Waals surface area contributed by atoms with Gasteiger partial charge in [0.2, 0.25) is 11.8 Å². The van der Waals surface area contributed by atoms with Gasteiger partial charge < -0.3 is 15.0 Å². The number of hydrogen-bond acceptors (Lipinski definition) is 4. The number of piperidine rings is 1. The van der Waals surface area contributed by atoms with Crippen molar-refractivity contribution in [1.82, 2.24) is 15.1 Å². The van der Waals surface area contributed by atoms with Crippen molar-refractivity contribution in [3.8, 4) is 0 Å². The fourth-order valence-corrected chi connectivity index (χ4v) is 4.29. The summed E-state index contributed by atoms with van der Waals surface area (Å²) in [6.45, 7) is 9.01. The third-order valence-electron chi connectivity index (χ3n) is 6.13. The monoisotopic (exact) mass is 401 g/mol. The highest BCUT2D eigenvalue weighted by Gasteiger charge is 2.27. The Morgan fingerprint density at radius 3 is 2.59 bits per heavy atom. The highest BCUT2D eigenvalue weighted by atomic mass is 16.5. The van der Waals surface area contributed by atoms with Gasteiger partial charge in [-0.3, -0.25) is 14.5 Å². The number of ether oxygens (including phenoxy) is 1. The van der Waals surface area contributed by atoms with E-state index in [9.17, 15) is 9.59 Å². The van der Waals surface area contributed by atoms with Gasteiger partial charge in [0.25, 0.3) is 0 Å². The van der Waals surface area contributed by atoms with Gasteiger partial charge in [-0.1, -0.05) is 24.3 Å². The van der Waals surface area contributed by atoms with Crippen LogP contribution in [0, 0.1) is 12.8 Å². The van der Waals surface area contributed by atoms with E-state index in [-0.39, 0.29) is 24.5 Å². The Labute approximate surface area is 174 Å². The molecule has 2 amide bonds. The summed E-state index contributed by atoms with van der Waals surface area (Å²) in [5.74, 6) is 0.337. The normalized spacial score (nSPS) is 20.6. The van der Waals surface area contributed by atoms with E-state index in [1.54, 1.807) is 0 Å². The Hall–Kier alpha value is -1.92. The molecule has 0 radical (unpaired) electrons. The molecule has 3 rings (SSSR count). The van der Waals surface area contributed by atoms with Gasteiger partial charge in [-0.25, -0.2) is 0 Å². The molecule has 2 aliphatic heterocycles. The first-order valence-corrected chi connectivity index (χ1v) is 10.9. The maximum atomic E-state index is 12.7. The molecule has 6 heteroatoms. The molecule has 1 N–H and O–H groups in total. The summed E-state index contributed by atoms with van der Waals surface area (Å²) >= 11 is 0. The standard InChI is InChI=1S/C23H35N3O3/c1-18-6-3-4-7-21(18)16-25-11-9-20(10-12-25)15-26(17-22-8-5-13-29-22)23(28)14-24-19(2)27/h3-4,6-7,20,22H,5,8-17H2,1-2H3,(H,24,27)/t22-/m1/s1.